The highest BCUT2D eigenvalue weighted by Gasteiger charge is 2.08. The van der Waals surface area contributed by atoms with Crippen molar-refractivity contribution in [2.24, 2.45) is 0 Å². The highest BCUT2D eigenvalue weighted by Crippen LogP contribution is 2.34. The summed E-state index contributed by atoms with van der Waals surface area (Å²) in [6.45, 7) is 0. The molecule has 0 aliphatic rings. The summed E-state index contributed by atoms with van der Waals surface area (Å²) in [6, 6.07) is 13.3. The Bertz CT molecular complexity index is 632. The molecule has 0 atom stereocenters. The van der Waals surface area contributed by atoms with E-state index in [1.54, 1.807) is 31.0 Å². The molecule has 0 saturated carbocycles. The van der Waals surface area contributed by atoms with Crippen LogP contribution >= 0.6 is 35.0 Å². The zero-order valence-electron chi connectivity index (χ0n) is 11.7. The molecule has 0 aromatic heterocycles. The molecule has 21 heavy (non-hydrogen) atoms. The van der Waals surface area contributed by atoms with E-state index in [0.29, 0.717) is 15.7 Å². The number of para-hydroxylation sites is 2. The van der Waals surface area contributed by atoms with E-state index in [2.05, 4.69) is 5.32 Å². The molecular weight excluding hydrogens is 325 g/mol. The highest BCUT2D eigenvalue weighted by atomic mass is 35.5. The number of benzene rings is 2. The Balaban J connectivity index is 2.39. The van der Waals surface area contributed by atoms with Crippen LogP contribution in [0.25, 0.3) is 6.08 Å². The fourth-order valence-corrected chi connectivity index (χ4v) is 2.72. The Hall–Kier alpha value is -1.29. The lowest BCUT2D eigenvalue weighted by atomic mass is 10.1. The van der Waals surface area contributed by atoms with Crippen LogP contribution in [0.15, 0.2) is 47.6 Å². The van der Waals surface area contributed by atoms with E-state index in [1.165, 1.54) is 0 Å². The molecule has 5 heteroatoms. The van der Waals surface area contributed by atoms with E-state index in [4.69, 9.17) is 27.9 Å². The van der Waals surface area contributed by atoms with Crippen molar-refractivity contribution in [1.29, 1.82) is 0 Å². The van der Waals surface area contributed by atoms with Gasteiger partial charge in [-0.25, -0.2) is 0 Å². The summed E-state index contributed by atoms with van der Waals surface area (Å²) >= 11 is 13.9. The number of halogens is 2. The molecule has 0 radical (unpaired) electrons. The van der Waals surface area contributed by atoms with Gasteiger partial charge in [0.25, 0.3) is 0 Å². The monoisotopic (exact) mass is 339 g/mol. The molecule has 0 saturated heterocycles. The Morgan fingerprint density at radius 3 is 2.38 bits per heavy atom. The zero-order chi connectivity index (χ0) is 15.2. The molecule has 1 N–H and O–H groups in total. The summed E-state index contributed by atoms with van der Waals surface area (Å²) < 4.78 is 5.30. The van der Waals surface area contributed by atoms with Gasteiger partial charge in [0.1, 0.15) is 0 Å². The number of nitrogens with one attached hydrogen (secondary N) is 1. The number of thioether (sulfide) groups is 1. The van der Waals surface area contributed by atoms with E-state index >= 15 is 0 Å². The van der Waals surface area contributed by atoms with Gasteiger partial charge in [-0.3, -0.25) is 0 Å². The maximum absolute atomic E-state index is 6.20. The topological polar surface area (TPSA) is 21.3 Å². The number of anilines is 2. The molecule has 2 aromatic carbocycles. The second-order valence-corrected chi connectivity index (χ2v) is 5.81. The quantitative estimate of drug-likeness (QED) is 0.670. The summed E-state index contributed by atoms with van der Waals surface area (Å²) in [5.41, 5.74) is 2.61. The third kappa shape index (κ3) is 4.10. The van der Waals surface area contributed by atoms with E-state index in [9.17, 15) is 0 Å². The minimum absolute atomic E-state index is 0.582. The van der Waals surface area contributed by atoms with Gasteiger partial charge in [-0.2, -0.15) is 0 Å². The second kappa shape index (κ2) is 7.64. The second-order valence-electron chi connectivity index (χ2n) is 4.18. The van der Waals surface area contributed by atoms with Gasteiger partial charge in [-0.1, -0.05) is 59.2 Å². The predicted molar refractivity (Wildman–Crippen MR) is 94.7 cm³/mol. The van der Waals surface area contributed by atoms with Crippen LogP contribution in [0.5, 0.6) is 0 Å². The maximum atomic E-state index is 6.20. The lowest BCUT2D eigenvalue weighted by Gasteiger charge is -2.13. The van der Waals surface area contributed by atoms with Crippen LogP contribution in [0.4, 0.5) is 11.4 Å². The zero-order valence-corrected chi connectivity index (χ0v) is 14.0. The first-order valence-electron chi connectivity index (χ1n) is 6.25. The van der Waals surface area contributed by atoms with E-state index in [-0.39, 0.29) is 0 Å². The van der Waals surface area contributed by atoms with Gasteiger partial charge in [0.15, 0.2) is 5.09 Å². The lowest BCUT2D eigenvalue weighted by molar-refractivity contribution is 0.328. The van der Waals surface area contributed by atoms with Crippen molar-refractivity contribution in [2.75, 3.05) is 18.7 Å². The number of methoxy groups -OCH3 is 1. The predicted octanol–water partition coefficient (Wildman–Crippen LogP) is 6.04. The smallest absolute Gasteiger partial charge is 0.153 e. The average Bonchev–Trinajstić information content (AvgIpc) is 2.50. The van der Waals surface area contributed by atoms with Crippen LogP contribution in [0.3, 0.4) is 0 Å². The molecule has 0 fully saturated rings. The molecule has 110 valence electrons. The number of ether oxygens (including phenoxy) is 1. The van der Waals surface area contributed by atoms with Gasteiger partial charge in [0.05, 0.1) is 22.8 Å². The van der Waals surface area contributed by atoms with Crippen molar-refractivity contribution in [3.05, 3.63) is 63.2 Å². The summed E-state index contributed by atoms with van der Waals surface area (Å²) in [4.78, 5) is 0. The van der Waals surface area contributed by atoms with E-state index in [0.717, 1.165) is 16.3 Å². The fraction of sp³-hybridized carbons (Fsp3) is 0.125. The molecule has 0 aliphatic carbocycles. The number of hydrogen-bond donors (Lipinski definition) is 1. The van der Waals surface area contributed by atoms with Crippen molar-refractivity contribution < 1.29 is 4.74 Å². The maximum Gasteiger partial charge on any atom is 0.153 e. The first-order valence-corrected chi connectivity index (χ1v) is 8.23. The first kappa shape index (κ1) is 16.1. The van der Waals surface area contributed by atoms with Crippen LogP contribution in [0.1, 0.15) is 5.56 Å². The van der Waals surface area contributed by atoms with Gasteiger partial charge < -0.3 is 10.1 Å². The molecular formula is C16H15Cl2NOS. The number of hydrogen-bond acceptors (Lipinski definition) is 3. The molecule has 2 nitrogen and oxygen atoms in total. The first-order chi connectivity index (χ1) is 10.2. The Morgan fingerprint density at radius 1 is 1.10 bits per heavy atom. The van der Waals surface area contributed by atoms with Crippen molar-refractivity contribution in [3.63, 3.8) is 0 Å². The van der Waals surface area contributed by atoms with Crippen LogP contribution in [0.2, 0.25) is 10.0 Å². The molecule has 0 aliphatic heterocycles. The van der Waals surface area contributed by atoms with Gasteiger partial charge in [0.2, 0.25) is 0 Å². The third-order valence-electron chi connectivity index (χ3n) is 2.86. The molecule has 0 bridgehead atoms. The molecule has 0 unspecified atom stereocenters. The van der Waals surface area contributed by atoms with Gasteiger partial charge in [0, 0.05) is 11.3 Å². The third-order valence-corrected chi connectivity index (χ3v) is 4.18. The molecule has 0 heterocycles. The number of rotatable bonds is 5. The minimum atomic E-state index is 0.582. The average molecular weight is 340 g/mol. The van der Waals surface area contributed by atoms with E-state index < -0.39 is 0 Å². The van der Waals surface area contributed by atoms with Crippen LogP contribution in [0, 0.1) is 0 Å². The standard InChI is InChI=1S/C16H15Cl2NOS/c1-20-15(21-2)10-11-6-3-4-9-14(11)19-16-12(17)7-5-8-13(16)18/h3-10,19H,1-2H3. The summed E-state index contributed by atoms with van der Waals surface area (Å²) in [5.74, 6) is 0. The minimum Gasteiger partial charge on any atom is -0.491 e. The van der Waals surface area contributed by atoms with Crippen molar-refractivity contribution in [1.82, 2.24) is 0 Å². The van der Waals surface area contributed by atoms with Crippen LogP contribution in [-0.4, -0.2) is 13.4 Å². The normalized spacial score (nSPS) is 11.3. The van der Waals surface area contributed by atoms with Gasteiger partial charge in [-0.15, -0.1) is 0 Å². The largest absolute Gasteiger partial charge is 0.491 e. The Labute approximate surface area is 139 Å². The summed E-state index contributed by atoms with van der Waals surface area (Å²) in [5, 5.41) is 5.28. The molecule has 0 spiro atoms. The van der Waals surface area contributed by atoms with Crippen molar-refractivity contribution >= 4 is 52.4 Å². The molecule has 0 amide bonds. The summed E-state index contributed by atoms with van der Waals surface area (Å²) in [7, 11) is 1.66. The van der Waals surface area contributed by atoms with Crippen LogP contribution < -0.4 is 5.32 Å². The van der Waals surface area contributed by atoms with Crippen molar-refractivity contribution in [2.45, 2.75) is 0 Å². The summed E-state index contributed by atoms with van der Waals surface area (Å²) in [6.07, 6.45) is 3.94. The van der Waals surface area contributed by atoms with Crippen molar-refractivity contribution in [3.8, 4) is 0 Å². The van der Waals surface area contributed by atoms with E-state index in [1.807, 2.05) is 42.7 Å². The fourth-order valence-electron chi connectivity index (χ4n) is 1.82. The van der Waals surface area contributed by atoms with Gasteiger partial charge >= 0.3 is 0 Å². The molecule has 2 rings (SSSR count). The van der Waals surface area contributed by atoms with Crippen LogP contribution in [-0.2, 0) is 4.74 Å². The van der Waals surface area contributed by atoms with Gasteiger partial charge in [-0.05, 0) is 30.5 Å². The highest BCUT2D eigenvalue weighted by molar-refractivity contribution is 8.02. The lowest BCUT2D eigenvalue weighted by Crippen LogP contribution is -1.95. The Kier molecular flexibility index (Phi) is 5.85. The molecule has 2 aromatic rings. The Morgan fingerprint density at radius 2 is 1.76 bits per heavy atom. The SMILES string of the molecule is COC(=Cc1ccccc1Nc1c(Cl)cccc1Cl)SC.